The summed E-state index contributed by atoms with van der Waals surface area (Å²) in [6, 6.07) is 4.90. The van der Waals surface area contributed by atoms with E-state index in [1.807, 2.05) is 0 Å². The van der Waals surface area contributed by atoms with E-state index < -0.39 is 0 Å². The summed E-state index contributed by atoms with van der Waals surface area (Å²) >= 11 is 0. The summed E-state index contributed by atoms with van der Waals surface area (Å²) in [6.07, 6.45) is 0. The summed E-state index contributed by atoms with van der Waals surface area (Å²) in [5.74, 6) is 1.75. The largest absolute Gasteiger partial charge is 0.507 e. The number of phenolic OH excluding ortho intramolecular Hbond substituents is 1. The summed E-state index contributed by atoms with van der Waals surface area (Å²) in [4.78, 5) is 0. The molecule has 3 N–H and O–H groups in total. The zero-order chi connectivity index (χ0) is 12.0. The predicted octanol–water partition coefficient (Wildman–Crippen LogP) is 1.10. The number of anilines is 1. The topological polar surface area (TPSA) is 82.5 Å². The average molecular weight is 233 g/mol. The van der Waals surface area contributed by atoms with Crippen LogP contribution in [0.15, 0.2) is 18.2 Å². The van der Waals surface area contributed by atoms with Crippen LogP contribution >= 0.6 is 0 Å². The Labute approximate surface area is 97.2 Å². The normalized spacial score (nSPS) is 13.0. The molecule has 1 aliphatic rings. The van der Waals surface area contributed by atoms with E-state index >= 15 is 0 Å². The van der Waals surface area contributed by atoms with Gasteiger partial charge in [0.25, 0.3) is 0 Å². The molecule has 0 spiro atoms. The number of benzene rings is 1. The van der Waals surface area contributed by atoms with Crippen molar-refractivity contribution in [2.24, 2.45) is 7.05 Å². The van der Waals surface area contributed by atoms with Crippen LogP contribution in [-0.2, 0) is 7.05 Å². The van der Waals surface area contributed by atoms with Crippen molar-refractivity contribution in [3.63, 3.8) is 0 Å². The first-order valence-corrected chi connectivity index (χ1v) is 5.07. The number of rotatable bonds is 1. The molecule has 2 aromatic rings. The number of ether oxygens (including phenoxy) is 2. The molecule has 1 aromatic heterocycles. The van der Waals surface area contributed by atoms with E-state index in [-0.39, 0.29) is 12.5 Å². The van der Waals surface area contributed by atoms with Crippen LogP contribution in [0.1, 0.15) is 0 Å². The molecule has 1 aromatic carbocycles. The molecule has 6 nitrogen and oxygen atoms in total. The Bertz CT molecular complexity index is 572. The molecule has 0 amide bonds. The average Bonchev–Trinajstić information content (AvgIpc) is 2.85. The Morgan fingerprint density at radius 1 is 1.29 bits per heavy atom. The van der Waals surface area contributed by atoms with Crippen LogP contribution in [-0.4, -0.2) is 21.7 Å². The molecule has 0 saturated heterocycles. The van der Waals surface area contributed by atoms with Gasteiger partial charge >= 0.3 is 0 Å². The molecule has 0 saturated carbocycles. The monoisotopic (exact) mass is 233 g/mol. The third-order valence-corrected chi connectivity index (χ3v) is 2.68. The number of phenols is 1. The molecule has 0 aliphatic carbocycles. The first-order chi connectivity index (χ1) is 8.15. The molecule has 1 aliphatic heterocycles. The van der Waals surface area contributed by atoms with E-state index in [1.165, 1.54) is 6.07 Å². The highest BCUT2D eigenvalue weighted by Gasteiger charge is 2.19. The fourth-order valence-corrected chi connectivity index (χ4v) is 1.75. The highest BCUT2D eigenvalue weighted by molar-refractivity contribution is 5.73. The third-order valence-electron chi connectivity index (χ3n) is 2.68. The van der Waals surface area contributed by atoms with Crippen LogP contribution in [0.2, 0.25) is 0 Å². The van der Waals surface area contributed by atoms with Crippen molar-refractivity contribution in [1.82, 2.24) is 9.78 Å². The molecule has 2 heterocycles. The van der Waals surface area contributed by atoms with E-state index in [2.05, 4.69) is 5.10 Å². The lowest BCUT2D eigenvalue weighted by molar-refractivity contribution is 0.174. The van der Waals surface area contributed by atoms with Gasteiger partial charge < -0.3 is 20.3 Å². The molecule has 3 rings (SSSR count). The summed E-state index contributed by atoms with van der Waals surface area (Å²) < 4.78 is 12.0. The SMILES string of the molecule is Cn1nc(-c2cc3c(cc2O)OCO3)cc1N. The second-order valence-electron chi connectivity index (χ2n) is 3.80. The first-order valence-electron chi connectivity index (χ1n) is 5.07. The van der Waals surface area contributed by atoms with Crippen molar-refractivity contribution in [3.8, 4) is 28.5 Å². The Balaban J connectivity index is 2.14. The maximum Gasteiger partial charge on any atom is 0.231 e. The lowest BCUT2D eigenvalue weighted by Gasteiger charge is -2.03. The van der Waals surface area contributed by atoms with Crippen molar-refractivity contribution in [3.05, 3.63) is 18.2 Å². The summed E-state index contributed by atoms with van der Waals surface area (Å²) in [5, 5.41) is 14.1. The summed E-state index contributed by atoms with van der Waals surface area (Å²) in [6.45, 7) is 0.169. The molecular weight excluding hydrogens is 222 g/mol. The van der Waals surface area contributed by atoms with Crippen LogP contribution in [0.5, 0.6) is 17.2 Å². The lowest BCUT2D eigenvalue weighted by Crippen LogP contribution is -1.96. The van der Waals surface area contributed by atoms with Crippen LogP contribution in [0.25, 0.3) is 11.3 Å². The number of nitrogens with zero attached hydrogens (tertiary/aromatic N) is 2. The van der Waals surface area contributed by atoms with Gasteiger partial charge in [0.2, 0.25) is 6.79 Å². The van der Waals surface area contributed by atoms with Gasteiger partial charge in [0.1, 0.15) is 11.6 Å². The van der Waals surface area contributed by atoms with Gasteiger partial charge in [0.15, 0.2) is 11.5 Å². The van der Waals surface area contributed by atoms with E-state index in [0.717, 1.165) is 0 Å². The number of nitrogen functional groups attached to an aromatic ring is 1. The zero-order valence-corrected chi connectivity index (χ0v) is 9.17. The van der Waals surface area contributed by atoms with Gasteiger partial charge in [0.05, 0.1) is 5.69 Å². The van der Waals surface area contributed by atoms with Crippen LogP contribution in [0, 0.1) is 0 Å². The van der Waals surface area contributed by atoms with E-state index in [9.17, 15) is 5.11 Å². The Kier molecular flexibility index (Phi) is 1.91. The Morgan fingerprint density at radius 3 is 2.65 bits per heavy atom. The van der Waals surface area contributed by atoms with Crippen molar-refractivity contribution in [2.75, 3.05) is 12.5 Å². The van der Waals surface area contributed by atoms with Crippen LogP contribution in [0.3, 0.4) is 0 Å². The van der Waals surface area contributed by atoms with Crippen molar-refractivity contribution in [2.45, 2.75) is 0 Å². The minimum Gasteiger partial charge on any atom is -0.507 e. The second kappa shape index (κ2) is 3.31. The predicted molar refractivity (Wildman–Crippen MR) is 60.8 cm³/mol. The number of aryl methyl sites for hydroxylation is 1. The Morgan fingerprint density at radius 2 is 2.00 bits per heavy atom. The first kappa shape index (κ1) is 9.83. The number of hydrogen-bond acceptors (Lipinski definition) is 5. The Hall–Kier alpha value is -2.37. The van der Waals surface area contributed by atoms with Gasteiger partial charge in [-0.05, 0) is 6.07 Å². The highest BCUT2D eigenvalue weighted by atomic mass is 16.7. The molecule has 6 heteroatoms. The smallest absolute Gasteiger partial charge is 0.231 e. The number of hydrogen-bond donors (Lipinski definition) is 2. The van der Waals surface area contributed by atoms with Gasteiger partial charge in [-0.3, -0.25) is 4.68 Å². The number of fused-ring (bicyclic) bond motifs is 1. The van der Waals surface area contributed by atoms with E-state index in [4.69, 9.17) is 15.2 Å². The van der Waals surface area contributed by atoms with Gasteiger partial charge in [-0.25, -0.2) is 0 Å². The van der Waals surface area contributed by atoms with Gasteiger partial charge in [-0.2, -0.15) is 5.10 Å². The van der Waals surface area contributed by atoms with Gasteiger partial charge in [0, 0.05) is 24.7 Å². The molecule has 0 unspecified atom stereocenters. The quantitative estimate of drug-likeness (QED) is 0.770. The highest BCUT2D eigenvalue weighted by Crippen LogP contribution is 2.41. The zero-order valence-electron chi connectivity index (χ0n) is 9.17. The molecule has 0 fully saturated rings. The van der Waals surface area contributed by atoms with E-state index in [0.29, 0.717) is 28.6 Å². The molecule has 17 heavy (non-hydrogen) atoms. The lowest BCUT2D eigenvalue weighted by atomic mass is 10.1. The number of nitrogens with two attached hydrogens (primary N) is 1. The molecular formula is C11H11N3O3. The fraction of sp³-hybridized carbons (Fsp3) is 0.182. The van der Waals surface area contributed by atoms with Gasteiger partial charge in [-0.1, -0.05) is 0 Å². The number of aromatic nitrogens is 2. The standard InChI is InChI=1S/C11H11N3O3/c1-14-11(12)3-7(13-14)6-2-9-10(4-8(6)15)17-5-16-9/h2-4,15H,5,12H2,1H3. The molecule has 0 radical (unpaired) electrons. The molecule has 0 atom stereocenters. The van der Waals surface area contributed by atoms with Crippen LogP contribution in [0.4, 0.5) is 5.82 Å². The van der Waals surface area contributed by atoms with Crippen molar-refractivity contribution in [1.29, 1.82) is 0 Å². The second-order valence-corrected chi connectivity index (χ2v) is 3.80. The minimum absolute atomic E-state index is 0.0901. The van der Waals surface area contributed by atoms with Crippen molar-refractivity contribution < 1.29 is 14.6 Å². The molecule has 88 valence electrons. The third kappa shape index (κ3) is 1.45. The number of aromatic hydroxyl groups is 1. The van der Waals surface area contributed by atoms with Crippen LogP contribution < -0.4 is 15.2 Å². The molecule has 0 bridgehead atoms. The maximum atomic E-state index is 9.90. The van der Waals surface area contributed by atoms with E-state index in [1.54, 1.807) is 23.9 Å². The van der Waals surface area contributed by atoms with Gasteiger partial charge in [-0.15, -0.1) is 0 Å². The maximum absolute atomic E-state index is 9.90. The summed E-state index contributed by atoms with van der Waals surface area (Å²) in [5.41, 5.74) is 6.87. The van der Waals surface area contributed by atoms with Crippen molar-refractivity contribution >= 4 is 5.82 Å². The fourth-order valence-electron chi connectivity index (χ4n) is 1.75. The minimum atomic E-state index is 0.0901. The summed E-state index contributed by atoms with van der Waals surface area (Å²) in [7, 11) is 1.74.